The Hall–Kier alpha value is -2.22. The molecule has 8 heteroatoms. The number of carbonyl (C=O) groups is 2. The second-order valence-corrected chi connectivity index (χ2v) is 8.58. The van der Waals surface area contributed by atoms with E-state index in [1.165, 1.54) is 11.3 Å². The number of aromatic nitrogens is 2. The number of carboxylic acid groups (broad SMARTS) is 1. The largest absolute Gasteiger partial charge is 0.480 e. The van der Waals surface area contributed by atoms with Crippen molar-refractivity contribution in [2.75, 3.05) is 0 Å². The molecule has 27 heavy (non-hydrogen) atoms. The van der Waals surface area contributed by atoms with Crippen LogP contribution in [0, 0.1) is 6.92 Å². The SMILES string of the molecule is Cc1c(C(=O)NC2(C(=O)O)CCCC2)sc2nc3n(c(=O)c12)CCCCC3. The van der Waals surface area contributed by atoms with Gasteiger partial charge < -0.3 is 10.4 Å². The van der Waals surface area contributed by atoms with Crippen LogP contribution in [0.2, 0.25) is 0 Å². The molecule has 0 unspecified atom stereocenters. The van der Waals surface area contributed by atoms with E-state index in [4.69, 9.17) is 0 Å². The van der Waals surface area contributed by atoms with Crippen molar-refractivity contribution in [3.8, 4) is 0 Å². The highest BCUT2D eigenvalue weighted by atomic mass is 32.1. The minimum Gasteiger partial charge on any atom is -0.480 e. The van der Waals surface area contributed by atoms with Gasteiger partial charge in [-0.15, -0.1) is 11.3 Å². The summed E-state index contributed by atoms with van der Waals surface area (Å²) in [7, 11) is 0. The molecule has 7 nitrogen and oxygen atoms in total. The Morgan fingerprint density at radius 3 is 2.63 bits per heavy atom. The van der Waals surface area contributed by atoms with Gasteiger partial charge in [0, 0.05) is 13.0 Å². The standard InChI is InChI=1S/C19H23N3O4S/c1-11-13-16(20-12-7-3-2-6-10-22(12)17(13)24)27-14(11)15(23)21-19(18(25)26)8-4-5-9-19/h2-10H2,1H3,(H,21,23)(H,25,26). The van der Waals surface area contributed by atoms with Crippen LogP contribution in [0.1, 0.15) is 66.0 Å². The van der Waals surface area contributed by atoms with Crippen molar-refractivity contribution in [2.24, 2.45) is 0 Å². The van der Waals surface area contributed by atoms with Crippen LogP contribution in [0.3, 0.4) is 0 Å². The highest BCUT2D eigenvalue weighted by Gasteiger charge is 2.43. The van der Waals surface area contributed by atoms with Gasteiger partial charge in [0.05, 0.1) is 10.3 Å². The molecular weight excluding hydrogens is 366 g/mol. The molecular formula is C19H23N3O4S. The lowest BCUT2D eigenvalue weighted by molar-refractivity contribution is -0.144. The van der Waals surface area contributed by atoms with Gasteiger partial charge in [-0.05, 0) is 38.2 Å². The Kier molecular flexibility index (Phi) is 4.53. The number of fused-ring (bicyclic) bond motifs is 2. The molecule has 1 amide bonds. The highest BCUT2D eigenvalue weighted by molar-refractivity contribution is 7.20. The first-order valence-corrected chi connectivity index (χ1v) is 10.3. The normalized spacial score (nSPS) is 18.9. The van der Waals surface area contributed by atoms with Crippen LogP contribution < -0.4 is 10.9 Å². The van der Waals surface area contributed by atoms with Gasteiger partial charge >= 0.3 is 5.97 Å². The fourth-order valence-corrected chi connectivity index (χ4v) is 5.36. The quantitative estimate of drug-likeness (QED) is 0.840. The molecule has 2 N–H and O–H groups in total. The van der Waals surface area contributed by atoms with Crippen LogP contribution in [-0.4, -0.2) is 32.1 Å². The second-order valence-electron chi connectivity index (χ2n) is 7.58. The number of aryl methyl sites for hydroxylation is 2. The molecule has 1 aliphatic carbocycles. The first kappa shape index (κ1) is 18.2. The van der Waals surface area contributed by atoms with E-state index in [1.807, 2.05) is 0 Å². The van der Waals surface area contributed by atoms with E-state index >= 15 is 0 Å². The zero-order chi connectivity index (χ0) is 19.2. The number of carboxylic acids is 1. The van der Waals surface area contributed by atoms with E-state index in [9.17, 15) is 19.5 Å². The van der Waals surface area contributed by atoms with Crippen molar-refractivity contribution in [3.63, 3.8) is 0 Å². The average Bonchev–Trinajstić information content (AvgIpc) is 3.14. The van der Waals surface area contributed by atoms with Gasteiger partial charge in [-0.1, -0.05) is 19.3 Å². The lowest BCUT2D eigenvalue weighted by Crippen LogP contribution is -2.52. The molecule has 0 radical (unpaired) electrons. The van der Waals surface area contributed by atoms with Gasteiger partial charge in [-0.2, -0.15) is 0 Å². The summed E-state index contributed by atoms with van der Waals surface area (Å²) in [5.41, 5.74) is -0.680. The van der Waals surface area contributed by atoms with Crippen molar-refractivity contribution >= 4 is 33.4 Å². The van der Waals surface area contributed by atoms with Gasteiger partial charge in [0.1, 0.15) is 16.2 Å². The summed E-state index contributed by atoms with van der Waals surface area (Å²) < 4.78 is 1.74. The first-order valence-electron chi connectivity index (χ1n) is 9.52. The number of hydrogen-bond acceptors (Lipinski definition) is 5. The maximum absolute atomic E-state index is 13.0. The third-order valence-corrected chi connectivity index (χ3v) is 7.02. The predicted octanol–water partition coefficient (Wildman–Crippen LogP) is 2.62. The Labute approximate surface area is 160 Å². The Morgan fingerprint density at radius 1 is 1.19 bits per heavy atom. The van der Waals surface area contributed by atoms with E-state index in [0.717, 1.165) is 44.3 Å². The number of carbonyl (C=O) groups excluding carboxylic acids is 1. The van der Waals surface area contributed by atoms with Crippen molar-refractivity contribution in [2.45, 2.75) is 70.4 Å². The van der Waals surface area contributed by atoms with E-state index < -0.39 is 17.4 Å². The summed E-state index contributed by atoms with van der Waals surface area (Å²) in [4.78, 5) is 43.3. The van der Waals surface area contributed by atoms with Crippen LogP contribution in [-0.2, 0) is 17.8 Å². The molecule has 0 spiro atoms. The van der Waals surface area contributed by atoms with Crippen LogP contribution in [0.5, 0.6) is 0 Å². The van der Waals surface area contributed by atoms with E-state index in [-0.39, 0.29) is 5.56 Å². The molecule has 4 rings (SSSR count). The zero-order valence-corrected chi connectivity index (χ0v) is 16.2. The molecule has 2 aliphatic rings. The molecule has 0 saturated heterocycles. The van der Waals surface area contributed by atoms with E-state index in [2.05, 4.69) is 10.3 Å². The minimum atomic E-state index is -1.20. The van der Waals surface area contributed by atoms with Crippen LogP contribution in [0.25, 0.3) is 10.2 Å². The van der Waals surface area contributed by atoms with Crippen LogP contribution in [0.15, 0.2) is 4.79 Å². The molecule has 2 aromatic rings. The van der Waals surface area contributed by atoms with Gasteiger partial charge in [0.25, 0.3) is 11.5 Å². The molecule has 0 bridgehead atoms. The maximum atomic E-state index is 13.0. The zero-order valence-electron chi connectivity index (χ0n) is 15.3. The Balaban J connectivity index is 1.76. The van der Waals surface area contributed by atoms with Crippen LogP contribution >= 0.6 is 11.3 Å². The fourth-order valence-electron chi connectivity index (χ4n) is 4.27. The van der Waals surface area contributed by atoms with Crippen LogP contribution in [0.4, 0.5) is 0 Å². The average molecular weight is 389 g/mol. The van der Waals surface area contributed by atoms with E-state index in [1.54, 1.807) is 11.5 Å². The number of thiophene rings is 1. The predicted molar refractivity (Wildman–Crippen MR) is 102 cm³/mol. The van der Waals surface area contributed by atoms with Crippen molar-refractivity contribution in [1.82, 2.24) is 14.9 Å². The highest BCUT2D eigenvalue weighted by Crippen LogP contribution is 2.33. The Bertz CT molecular complexity index is 985. The molecule has 1 saturated carbocycles. The lowest BCUT2D eigenvalue weighted by atomic mass is 9.97. The maximum Gasteiger partial charge on any atom is 0.329 e. The van der Waals surface area contributed by atoms with Gasteiger partial charge in [-0.3, -0.25) is 14.2 Å². The van der Waals surface area contributed by atoms with Gasteiger partial charge in [0.2, 0.25) is 0 Å². The molecule has 144 valence electrons. The molecule has 1 aliphatic heterocycles. The topological polar surface area (TPSA) is 101 Å². The summed E-state index contributed by atoms with van der Waals surface area (Å²) in [5, 5.41) is 12.8. The number of nitrogens with zero attached hydrogens (tertiary/aromatic N) is 2. The van der Waals surface area contributed by atoms with Gasteiger partial charge in [0.15, 0.2) is 0 Å². The number of aliphatic carboxylic acids is 1. The summed E-state index contributed by atoms with van der Waals surface area (Å²) in [6.07, 6.45) is 6.27. The molecule has 0 atom stereocenters. The monoisotopic (exact) mass is 389 g/mol. The molecule has 0 aromatic carbocycles. The summed E-state index contributed by atoms with van der Waals surface area (Å²) in [6, 6.07) is 0. The van der Waals surface area contributed by atoms with Gasteiger partial charge in [-0.25, -0.2) is 9.78 Å². The van der Waals surface area contributed by atoms with Crippen molar-refractivity contribution < 1.29 is 14.7 Å². The van der Waals surface area contributed by atoms with Crippen molar-refractivity contribution in [1.29, 1.82) is 0 Å². The number of rotatable bonds is 3. The smallest absolute Gasteiger partial charge is 0.329 e. The summed E-state index contributed by atoms with van der Waals surface area (Å²) in [6.45, 7) is 2.42. The van der Waals surface area contributed by atoms with E-state index in [0.29, 0.717) is 40.0 Å². The first-order chi connectivity index (χ1) is 12.9. The lowest BCUT2D eigenvalue weighted by Gasteiger charge is -2.25. The number of hydrogen-bond donors (Lipinski definition) is 2. The number of nitrogens with one attached hydrogen (secondary N) is 1. The third-order valence-electron chi connectivity index (χ3n) is 5.84. The fraction of sp³-hybridized carbons (Fsp3) is 0.579. The second kappa shape index (κ2) is 6.74. The summed E-state index contributed by atoms with van der Waals surface area (Å²) >= 11 is 1.19. The van der Waals surface area contributed by atoms with Crippen molar-refractivity contribution in [3.05, 3.63) is 26.6 Å². The minimum absolute atomic E-state index is 0.0847. The molecule has 1 fully saturated rings. The summed E-state index contributed by atoms with van der Waals surface area (Å²) in [5.74, 6) is -0.618. The molecule has 2 aromatic heterocycles. The third kappa shape index (κ3) is 2.96. The Morgan fingerprint density at radius 2 is 1.93 bits per heavy atom. The molecule has 3 heterocycles. The number of amides is 1.